The molecule has 15 heavy (non-hydrogen) atoms. The first kappa shape index (κ1) is 10.1. The number of carbonyl (C=O) groups excluding carboxylic acids is 1. The highest BCUT2D eigenvalue weighted by molar-refractivity contribution is 5.77. The van der Waals surface area contributed by atoms with Crippen LogP contribution >= 0.6 is 0 Å². The zero-order chi connectivity index (χ0) is 10.8. The second-order valence-corrected chi connectivity index (χ2v) is 4.01. The molecule has 1 fully saturated rings. The summed E-state index contributed by atoms with van der Waals surface area (Å²) in [5.41, 5.74) is 7.91. The smallest absolute Gasteiger partial charge is 0.220 e. The standard InChI is InChI=1S/C11H15N3O/c1-7-2-4-9(13-6-7)11-8(12)3-5-10(15)14-11/h2,4,6,8,11H,3,5,12H2,1H3,(H,14,15). The van der Waals surface area contributed by atoms with E-state index in [1.807, 2.05) is 19.1 Å². The minimum Gasteiger partial charge on any atom is -0.346 e. The minimum absolute atomic E-state index is 0.0297. The summed E-state index contributed by atoms with van der Waals surface area (Å²) in [5.74, 6) is 0.0593. The normalized spacial score (nSPS) is 26.1. The minimum atomic E-state index is -0.133. The average Bonchev–Trinajstić information content (AvgIpc) is 2.23. The molecule has 0 radical (unpaired) electrons. The van der Waals surface area contributed by atoms with Crippen LogP contribution in [0.5, 0.6) is 0 Å². The van der Waals surface area contributed by atoms with Crippen molar-refractivity contribution in [2.24, 2.45) is 5.73 Å². The van der Waals surface area contributed by atoms with E-state index in [0.717, 1.165) is 17.7 Å². The van der Waals surface area contributed by atoms with E-state index < -0.39 is 0 Å². The Bertz CT molecular complexity index is 361. The van der Waals surface area contributed by atoms with Crippen LogP contribution in [-0.2, 0) is 4.79 Å². The number of pyridine rings is 1. The molecule has 2 heterocycles. The maximum absolute atomic E-state index is 11.3. The second kappa shape index (κ2) is 3.98. The van der Waals surface area contributed by atoms with Gasteiger partial charge in [-0.15, -0.1) is 0 Å². The van der Waals surface area contributed by atoms with Crippen LogP contribution in [0.4, 0.5) is 0 Å². The van der Waals surface area contributed by atoms with Crippen molar-refractivity contribution in [1.29, 1.82) is 0 Å². The van der Waals surface area contributed by atoms with Gasteiger partial charge in [-0.3, -0.25) is 9.78 Å². The van der Waals surface area contributed by atoms with Crippen molar-refractivity contribution < 1.29 is 4.79 Å². The summed E-state index contributed by atoms with van der Waals surface area (Å²) >= 11 is 0. The lowest BCUT2D eigenvalue weighted by atomic mass is 9.96. The van der Waals surface area contributed by atoms with E-state index in [2.05, 4.69) is 10.3 Å². The highest BCUT2D eigenvalue weighted by Crippen LogP contribution is 2.20. The number of nitrogens with one attached hydrogen (secondary N) is 1. The van der Waals surface area contributed by atoms with Crippen LogP contribution in [0.3, 0.4) is 0 Å². The van der Waals surface area contributed by atoms with Crippen molar-refractivity contribution in [1.82, 2.24) is 10.3 Å². The van der Waals surface area contributed by atoms with Gasteiger partial charge in [0.05, 0.1) is 11.7 Å². The van der Waals surface area contributed by atoms with E-state index in [0.29, 0.717) is 6.42 Å². The van der Waals surface area contributed by atoms with E-state index in [4.69, 9.17) is 5.73 Å². The molecule has 1 saturated heterocycles. The Labute approximate surface area is 88.9 Å². The molecule has 1 aromatic rings. The predicted molar refractivity (Wildman–Crippen MR) is 57.1 cm³/mol. The second-order valence-electron chi connectivity index (χ2n) is 4.01. The number of piperidine rings is 1. The van der Waals surface area contributed by atoms with Gasteiger partial charge < -0.3 is 11.1 Å². The molecule has 0 aliphatic carbocycles. The van der Waals surface area contributed by atoms with Gasteiger partial charge in [0.15, 0.2) is 0 Å². The van der Waals surface area contributed by atoms with Gasteiger partial charge in [-0.2, -0.15) is 0 Å². The molecular weight excluding hydrogens is 190 g/mol. The van der Waals surface area contributed by atoms with E-state index in [9.17, 15) is 4.79 Å². The van der Waals surface area contributed by atoms with Crippen molar-refractivity contribution in [2.75, 3.05) is 0 Å². The molecule has 2 unspecified atom stereocenters. The Morgan fingerprint density at radius 1 is 1.53 bits per heavy atom. The van der Waals surface area contributed by atoms with Crippen LogP contribution in [-0.4, -0.2) is 16.9 Å². The number of hydrogen-bond donors (Lipinski definition) is 2. The van der Waals surface area contributed by atoms with Crippen molar-refractivity contribution in [3.05, 3.63) is 29.6 Å². The molecule has 0 aromatic carbocycles. The predicted octanol–water partition coefficient (Wildman–Crippen LogP) is 0.668. The quantitative estimate of drug-likeness (QED) is 0.708. The van der Waals surface area contributed by atoms with Crippen LogP contribution in [0.15, 0.2) is 18.3 Å². The lowest BCUT2D eigenvalue weighted by molar-refractivity contribution is -0.123. The van der Waals surface area contributed by atoms with Crippen molar-refractivity contribution in [3.63, 3.8) is 0 Å². The topological polar surface area (TPSA) is 68.0 Å². The number of carbonyl (C=O) groups is 1. The molecule has 4 nitrogen and oxygen atoms in total. The van der Waals surface area contributed by atoms with Gasteiger partial charge in [-0.05, 0) is 25.0 Å². The van der Waals surface area contributed by atoms with Crippen LogP contribution in [0.25, 0.3) is 0 Å². The van der Waals surface area contributed by atoms with Crippen LogP contribution < -0.4 is 11.1 Å². The van der Waals surface area contributed by atoms with Gasteiger partial charge in [0.25, 0.3) is 0 Å². The maximum Gasteiger partial charge on any atom is 0.220 e. The van der Waals surface area contributed by atoms with Gasteiger partial charge in [0.2, 0.25) is 5.91 Å². The Balaban J connectivity index is 2.21. The zero-order valence-electron chi connectivity index (χ0n) is 8.73. The molecule has 2 rings (SSSR count). The molecule has 1 amide bonds. The number of rotatable bonds is 1. The third-order valence-corrected chi connectivity index (χ3v) is 2.70. The summed E-state index contributed by atoms with van der Waals surface area (Å²) in [6.45, 7) is 1.98. The zero-order valence-corrected chi connectivity index (χ0v) is 8.73. The monoisotopic (exact) mass is 205 g/mol. The molecule has 2 atom stereocenters. The number of nitrogens with zero attached hydrogens (tertiary/aromatic N) is 1. The van der Waals surface area contributed by atoms with Gasteiger partial charge >= 0.3 is 0 Å². The average molecular weight is 205 g/mol. The molecule has 1 aliphatic heterocycles. The van der Waals surface area contributed by atoms with E-state index >= 15 is 0 Å². The first-order valence-corrected chi connectivity index (χ1v) is 5.14. The molecule has 3 N–H and O–H groups in total. The summed E-state index contributed by atoms with van der Waals surface area (Å²) in [5, 5.41) is 2.88. The Kier molecular flexibility index (Phi) is 2.68. The molecule has 1 aromatic heterocycles. The SMILES string of the molecule is Cc1ccc(C2NC(=O)CCC2N)nc1. The van der Waals surface area contributed by atoms with Crippen molar-refractivity contribution >= 4 is 5.91 Å². The summed E-state index contributed by atoms with van der Waals surface area (Å²) in [6.07, 6.45) is 3.04. The van der Waals surface area contributed by atoms with E-state index in [-0.39, 0.29) is 18.0 Å². The number of nitrogens with two attached hydrogens (primary N) is 1. The Hall–Kier alpha value is -1.42. The molecule has 0 bridgehead atoms. The number of hydrogen-bond acceptors (Lipinski definition) is 3. The number of aromatic nitrogens is 1. The molecule has 4 heteroatoms. The lowest BCUT2D eigenvalue weighted by Crippen LogP contribution is -2.46. The van der Waals surface area contributed by atoms with Gasteiger partial charge in [-0.25, -0.2) is 0 Å². The fraction of sp³-hybridized carbons (Fsp3) is 0.455. The summed E-state index contributed by atoms with van der Waals surface area (Å²) in [7, 11) is 0. The van der Waals surface area contributed by atoms with E-state index in [1.165, 1.54) is 0 Å². The fourth-order valence-corrected chi connectivity index (χ4v) is 1.77. The largest absolute Gasteiger partial charge is 0.346 e. The summed E-state index contributed by atoms with van der Waals surface area (Å²) < 4.78 is 0. The van der Waals surface area contributed by atoms with E-state index in [1.54, 1.807) is 6.20 Å². The van der Waals surface area contributed by atoms with Crippen LogP contribution in [0.1, 0.15) is 30.1 Å². The number of aryl methyl sites for hydroxylation is 1. The molecule has 0 saturated carbocycles. The van der Waals surface area contributed by atoms with Crippen molar-refractivity contribution in [2.45, 2.75) is 31.8 Å². The van der Waals surface area contributed by atoms with Crippen LogP contribution in [0, 0.1) is 6.92 Å². The lowest BCUT2D eigenvalue weighted by Gasteiger charge is -2.29. The third kappa shape index (κ3) is 2.15. The first-order valence-electron chi connectivity index (χ1n) is 5.14. The molecular formula is C11H15N3O. The molecule has 0 spiro atoms. The highest BCUT2D eigenvalue weighted by Gasteiger charge is 2.27. The van der Waals surface area contributed by atoms with Crippen molar-refractivity contribution in [3.8, 4) is 0 Å². The fourth-order valence-electron chi connectivity index (χ4n) is 1.77. The summed E-state index contributed by atoms with van der Waals surface area (Å²) in [4.78, 5) is 15.6. The van der Waals surface area contributed by atoms with Gasteiger partial charge in [-0.1, -0.05) is 6.07 Å². The summed E-state index contributed by atoms with van der Waals surface area (Å²) in [6, 6.07) is 3.74. The third-order valence-electron chi connectivity index (χ3n) is 2.70. The number of amides is 1. The molecule has 1 aliphatic rings. The molecule has 80 valence electrons. The first-order chi connectivity index (χ1) is 7.16. The Morgan fingerprint density at radius 2 is 2.33 bits per heavy atom. The highest BCUT2D eigenvalue weighted by atomic mass is 16.1. The van der Waals surface area contributed by atoms with Gasteiger partial charge in [0, 0.05) is 18.7 Å². The Morgan fingerprint density at radius 3 is 3.00 bits per heavy atom. The maximum atomic E-state index is 11.3. The van der Waals surface area contributed by atoms with Gasteiger partial charge in [0.1, 0.15) is 0 Å². The van der Waals surface area contributed by atoms with Crippen LogP contribution in [0.2, 0.25) is 0 Å².